The number of hydrogen-bond donors (Lipinski definition) is 1. The molecule has 1 atom stereocenters. The van der Waals surface area contributed by atoms with Crippen molar-refractivity contribution in [2.24, 2.45) is 5.92 Å². The summed E-state index contributed by atoms with van der Waals surface area (Å²) >= 11 is 3.40. The Morgan fingerprint density at radius 1 is 1.43 bits per heavy atom. The molecule has 1 aliphatic rings. The number of hydrogen-bond acceptors (Lipinski definition) is 3. The van der Waals surface area contributed by atoms with Crippen molar-refractivity contribution in [3.05, 3.63) is 34.3 Å². The van der Waals surface area contributed by atoms with Crippen molar-refractivity contribution in [3.8, 4) is 0 Å². The lowest BCUT2D eigenvalue weighted by Gasteiger charge is -2.25. The van der Waals surface area contributed by atoms with E-state index >= 15 is 0 Å². The average Bonchev–Trinajstić information content (AvgIpc) is 2.96. The monoisotopic (exact) mass is 355 g/mol. The van der Waals surface area contributed by atoms with Crippen molar-refractivity contribution >= 4 is 27.8 Å². The first-order valence-electron chi connectivity index (χ1n) is 6.89. The molecule has 1 aromatic carbocycles. The largest absolute Gasteiger partial charge is 0.481 e. The lowest BCUT2D eigenvalue weighted by molar-refractivity contribution is -0.140. The Labute approximate surface area is 132 Å². The van der Waals surface area contributed by atoms with E-state index in [1.165, 1.54) is 0 Å². The van der Waals surface area contributed by atoms with Crippen molar-refractivity contribution in [1.29, 1.82) is 0 Å². The summed E-state index contributed by atoms with van der Waals surface area (Å²) in [6, 6.07) is 7.68. The average molecular weight is 356 g/mol. The second-order valence-electron chi connectivity index (χ2n) is 5.09. The van der Waals surface area contributed by atoms with Crippen LogP contribution in [0.1, 0.15) is 18.4 Å². The number of carbonyl (C=O) groups is 2. The van der Waals surface area contributed by atoms with Gasteiger partial charge in [0.25, 0.3) is 0 Å². The van der Waals surface area contributed by atoms with Gasteiger partial charge in [-0.2, -0.15) is 0 Å². The second kappa shape index (κ2) is 7.56. The van der Waals surface area contributed by atoms with Crippen LogP contribution >= 0.6 is 15.9 Å². The fourth-order valence-electron chi connectivity index (χ4n) is 2.34. The van der Waals surface area contributed by atoms with Gasteiger partial charge in [-0.1, -0.05) is 28.1 Å². The molecule has 1 saturated heterocycles. The summed E-state index contributed by atoms with van der Waals surface area (Å²) in [5.74, 6) is -1.07. The Hall–Kier alpha value is -1.40. The molecule has 0 spiro atoms. The van der Waals surface area contributed by atoms with Crippen LogP contribution < -0.4 is 0 Å². The molecule has 114 valence electrons. The van der Waals surface area contributed by atoms with Gasteiger partial charge in [-0.05, 0) is 24.1 Å². The maximum Gasteiger partial charge on any atom is 0.305 e. The number of nitrogens with zero attached hydrogens (tertiary/aromatic N) is 1. The molecule has 5 nitrogen and oxygen atoms in total. The van der Waals surface area contributed by atoms with E-state index in [9.17, 15) is 9.59 Å². The number of carbonyl (C=O) groups excluding carboxylic acids is 1. The van der Waals surface area contributed by atoms with E-state index in [1.54, 1.807) is 4.90 Å². The van der Waals surface area contributed by atoms with Crippen LogP contribution in [0.15, 0.2) is 28.7 Å². The SMILES string of the molecule is O=C(O)CCN(Cc1cccc(Br)c1)C(=O)C1CCOC1. The van der Waals surface area contributed by atoms with Crippen molar-refractivity contribution in [2.75, 3.05) is 19.8 Å². The first-order chi connectivity index (χ1) is 10.1. The van der Waals surface area contributed by atoms with E-state index in [1.807, 2.05) is 24.3 Å². The van der Waals surface area contributed by atoms with E-state index < -0.39 is 5.97 Å². The first kappa shape index (κ1) is 16.0. The maximum absolute atomic E-state index is 12.5. The van der Waals surface area contributed by atoms with Crippen LogP contribution in [0.2, 0.25) is 0 Å². The van der Waals surface area contributed by atoms with Crippen molar-refractivity contribution < 1.29 is 19.4 Å². The second-order valence-corrected chi connectivity index (χ2v) is 6.01. The van der Waals surface area contributed by atoms with Crippen LogP contribution in [-0.2, 0) is 20.9 Å². The molecule has 0 bridgehead atoms. The molecule has 1 amide bonds. The predicted molar refractivity (Wildman–Crippen MR) is 80.7 cm³/mol. The quantitative estimate of drug-likeness (QED) is 0.849. The standard InChI is InChI=1S/C15H18BrNO4/c16-13-3-1-2-11(8-13)9-17(6-4-14(18)19)15(20)12-5-7-21-10-12/h1-3,8,12H,4-7,9-10H2,(H,18,19). The van der Waals surface area contributed by atoms with Crippen LogP contribution in [0.4, 0.5) is 0 Å². The summed E-state index contributed by atoms with van der Waals surface area (Å²) in [4.78, 5) is 24.9. The number of benzene rings is 1. The van der Waals surface area contributed by atoms with Gasteiger partial charge in [-0.25, -0.2) is 0 Å². The normalized spacial score (nSPS) is 17.7. The Morgan fingerprint density at radius 2 is 2.24 bits per heavy atom. The van der Waals surface area contributed by atoms with Gasteiger partial charge in [0.1, 0.15) is 0 Å². The van der Waals surface area contributed by atoms with Gasteiger partial charge in [0, 0.05) is 24.2 Å². The third-order valence-electron chi connectivity index (χ3n) is 3.45. The third-order valence-corrected chi connectivity index (χ3v) is 3.94. The molecule has 1 N–H and O–H groups in total. The number of carboxylic acid groups (broad SMARTS) is 1. The minimum absolute atomic E-state index is 0.0197. The molecule has 21 heavy (non-hydrogen) atoms. The van der Waals surface area contributed by atoms with Crippen molar-refractivity contribution in [1.82, 2.24) is 4.90 Å². The van der Waals surface area contributed by atoms with Crippen LogP contribution in [0.25, 0.3) is 0 Å². The summed E-state index contributed by atoms with van der Waals surface area (Å²) < 4.78 is 6.19. The highest BCUT2D eigenvalue weighted by atomic mass is 79.9. The minimum Gasteiger partial charge on any atom is -0.481 e. The zero-order chi connectivity index (χ0) is 15.2. The molecule has 0 radical (unpaired) electrons. The van der Waals surface area contributed by atoms with E-state index in [-0.39, 0.29) is 24.8 Å². The maximum atomic E-state index is 12.5. The molecule has 1 fully saturated rings. The highest BCUT2D eigenvalue weighted by molar-refractivity contribution is 9.10. The van der Waals surface area contributed by atoms with Crippen LogP contribution in [-0.4, -0.2) is 41.6 Å². The molecule has 2 rings (SSSR count). The Balaban J connectivity index is 2.07. The summed E-state index contributed by atoms with van der Waals surface area (Å²) in [6.45, 7) is 1.67. The highest BCUT2D eigenvalue weighted by Gasteiger charge is 2.28. The third kappa shape index (κ3) is 4.82. The topological polar surface area (TPSA) is 66.8 Å². The Morgan fingerprint density at radius 3 is 2.86 bits per heavy atom. The molecule has 1 aromatic rings. The van der Waals surface area contributed by atoms with Gasteiger partial charge in [-0.15, -0.1) is 0 Å². The predicted octanol–water partition coefficient (Wildman–Crippen LogP) is 2.29. The van der Waals surface area contributed by atoms with E-state index in [0.29, 0.717) is 26.2 Å². The number of amides is 1. The van der Waals surface area contributed by atoms with Gasteiger partial charge in [0.2, 0.25) is 5.91 Å². The van der Waals surface area contributed by atoms with Gasteiger partial charge < -0.3 is 14.7 Å². The number of aliphatic carboxylic acids is 1. The summed E-state index contributed by atoms with van der Waals surface area (Å²) in [5.41, 5.74) is 0.974. The van der Waals surface area contributed by atoms with Gasteiger partial charge in [-0.3, -0.25) is 9.59 Å². The van der Waals surface area contributed by atoms with Gasteiger partial charge in [0.15, 0.2) is 0 Å². The lowest BCUT2D eigenvalue weighted by Crippen LogP contribution is -2.37. The fraction of sp³-hybridized carbons (Fsp3) is 0.467. The van der Waals surface area contributed by atoms with Crippen LogP contribution in [0.5, 0.6) is 0 Å². The Kier molecular flexibility index (Phi) is 5.76. The minimum atomic E-state index is -0.898. The smallest absolute Gasteiger partial charge is 0.305 e. The zero-order valence-electron chi connectivity index (χ0n) is 11.6. The molecular formula is C15H18BrNO4. The number of rotatable bonds is 6. The van der Waals surface area contributed by atoms with E-state index in [4.69, 9.17) is 9.84 Å². The molecular weight excluding hydrogens is 338 g/mol. The molecule has 0 aliphatic carbocycles. The summed E-state index contributed by atoms with van der Waals surface area (Å²) in [6.07, 6.45) is 0.661. The van der Waals surface area contributed by atoms with Crippen LogP contribution in [0, 0.1) is 5.92 Å². The number of halogens is 1. The lowest BCUT2D eigenvalue weighted by atomic mass is 10.1. The number of carboxylic acids is 1. The summed E-state index contributed by atoms with van der Waals surface area (Å²) in [5, 5.41) is 8.85. The molecule has 1 unspecified atom stereocenters. The molecule has 0 aromatic heterocycles. The number of ether oxygens (including phenoxy) is 1. The molecule has 1 heterocycles. The Bertz CT molecular complexity index is 514. The first-order valence-corrected chi connectivity index (χ1v) is 7.68. The zero-order valence-corrected chi connectivity index (χ0v) is 13.2. The van der Waals surface area contributed by atoms with Gasteiger partial charge >= 0.3 is 5.97 Å². The van der Waals surface area contributed by atoms with Crippen LogP contribution in [0.3, 0.4) is 0 Å². The van der Waals surface area contributed by atoms with E-state index in [0.717, 1.165) is 10.0 Å². The van der Waals surface area contributed by atoms with E-state index in [2.05, 4.69) is 15.9 Å². The molecule has 0 saturated carbocycles. The van der Waals surface area contributed by atoms with Gasteiger partial charge in [0.05, 0.1) is 18.9 Å². The highest BCUT2D eigenvalue weighted by Crippen LogP contribution is 2.19. The van der Waals surface area contributed by atoms with Crippen molar-refractivity contribution in [2.45, 2.75) is 19.4 Å². The van der Waals surface area contributed by atoms with Crippen molar-refractivity contribution in [3.63, 3.8) is 0 Å². The summed E-state index contributed by atoms with van der Waals surface area (Å²) in [7, 11) is 0. The fourth-order valence-corrected chi connectivity index (χ4v) is 2.79. The molecule has 6 heteroatoms. The molecule has 1 aliphatic heterocycles.